The average Bonchev–Trinajstić information content (AvgIpc) is 2.88. The fourth-order valence-corrected chi connectivity index (χ4v) is 2.99. The van der Waals surface area contributed by atoms with Crippen LogP contribution >= 0.6 is 27.3 Å². The molecule has 0 saturated carbocycles. The summed E-state index contributed by atoms with van der Waals surface area (Å²) in [6.07, 6.45) is 2.85. The van der Waals surface area contributed by atoms with E-state index in [2.05, 4.69) is 33.2 Å². The van der Waals surface area contributed by atoms with Gasteiger partial charge >= 0.3 is 0 Å². The fraction of sp³-hybridized carbons (Fsp3) is 0.286. The van der Waals surface area contributed by atoms with Crippen molar-refractivity contribution >= 4 is 33.2 Å². The Bertz CT molecular complexity index is 582. The lowest BCUT2D eigenvalue weighted by Gasteiger charge is -2.12. The quantitative estimate of drug-likeness (QED) is 0.916. The van der Waals surface area contributed by atoms with Crippen molar-refractivity contribution < 1.29 is 4.79 Å². The van der Waals surface area contributed by atoms with Crippen LogP contribution in [0, 0.1) is 0 Å². The molecule has 2 rings (SSSR count). The van der Waals surface area contributed by atoms with Crippen molar-refractivity contribution in [1.82, 2.24) is 10.3 Å². The lowest BCUT2D eigenvalue weighted by atomic mass is 10.2. The Morgan fingerprint density at radius 1 is 1.47 bits per heavy atom. The molecule has 1 unspecified atom stereocenters. The molecule has 100 valence electrons. The molecule has 1 aromatic carbocycles. The Kier molecular flexibility index (Phi) is 4.71. The number of thiazole rings is 1. The minimum absolute atomic E-state index is 0.0788. The highest BCUT2D eigenvalue weighted by molar-refractivity contribution is 9.10. The van der Waals surface area contributed by atoms with Crippen molar-refractivity contribution in [2.24, 2.45) is 0 Å². The predicted octanol–water partition coefficient (Wildman–Crippen LogP) is 3.96. The number of benzene rings is 1. The van der Waals surface area contributed by atoms with Crippen LogP contribution in [-0.4, -0.2) is 10.9 Å². The van der Waals surface area contributed by atoms with Gasteiger partial charge in [-0.1, -0.05) is 19.1 Å². The van der Waals surface area contributed by atoms with E-state index in [1.54, 1.807) is 17.4 Å². The molecule has 0 aliphatic heterocycles. The summed E-state index contributed by atoms with van der Waals surface area (Å²) in [6.45, 7) is 4.05. The zero-order valence-corrected chi connectivity index (χ0v) is 13.2. The van der Waals surface area contributed by atoms with Gasteiger partial charge in [-0.25, -0.2) is 4.98 Å². The second kappa shape index (κ2) is 6.30. The number of nitrogens with one attached hydrogen (secondary N) is 1. The Balaban J connectivity index is 2.08. The van der Waals surface area contributed by atoms with E-state index in [-0.39, 0.29) is 11.9 Å². The van der Waals surface area contributed by atoms with E-state index < -0.39 is 0 Å². The summed E-state index contributed by atoms with van der Waals surface area (Å²) in [4.78, 5) is 17.7. The first kappa shape index (κ1) is 14.2. The fourth-order valence-electron chi connectivity index (χ4n) is 1.67. The minimum Gasteiger partial charge on any atom is -0.343 e. The van der Waals surface area contributed by atoms with Gasteiger partial charge in [-0.2, -0.15) is 0 Å². The maximum absolute atomic E-state index is 12.2. The van der Waals surface area contributed by atoms with E-state index in [0.29, 0.717) is 5.56 Å². The number of hydrogen-bond donors (Lipinski definition) is 1. The summed E-state index contributed by atoms with van der Waals surface area (Å²) in [7, 11) is 0. The van der Waals surface area contributed by atoms with Crippen molar-refractivity contribution in [3.05, 3.63) is 50.4 Å². The maximum atomic E-state index is 12.2. The van der Waals surface area contributed by atoms with E-state index in [0.717, 1.165) is 15.9 Å². The van der Waals surface area contributed by atoms with Crippen LogP contribution in [0.5, 0.6) is 0 Å². The van der Waals surface area contributed by atoms with Crippen LogP contribution < -0.4 is 5.32 Å². The number of carbonyl (C=O) groups excluding carboxylic acids is 1. The number of amides is 1. The number of nitrogens with zero attached hydrogens (tertiary/aromatic N) is 1. The third-order valence-electron chi connectivity index (χ3n) is 2.76. The molecule has 1 aromatic heterocycles. The second-order valence-electron chi connectivity index (χ2n) is 4.19. The van der Waals surface area contributed by atoms with E-state index in [9.17, 15) is 4.79 Å². The molecule has 1 amide bonds. The van der Waals surface area contributed by atoms with Gasteiger partial charge in [0.25, 0.3) is 5.91 Å². The van der Waals surface area contributed by atoms with Gasteiger partial charge in [-0.3, -0.25) is 4.79 Å². The molecule has 0 aliphatic rings. The summed E-state index contributed by atoms with van der Waals surface area (Å²) in [5, 5.41) is 3.91. The van der Waals surface area contributed by atoms with E-state index in [1.165, 1.54) is 4.88 Å². The highest BCUT2D eigenvalue weighted by Crippen LogP contribution is 2.22. The highest BCUT2D eigenvalue weighted by Gasteiger charge is 2.15. The monoisotopic (exact) mass is 338 g/mol. The molecule has 3 nitrogen and oxygen atoms in total. The Hall–Kier alpha value is -1.20. The predicted molar refractivity (Wildman–Crippen MR) is 81.5 cm³/mol. The first-order chi connectivity index (χ1) is 9.11. The largest absolute Gasteiger partial charge is 0.343 e. The van der Waals surface area contributed by atoms with E-state index >= 15 is 0 Å². The lowest BCUT2D eigenvalue weighted by molar-refractivity contribution is 0.0939. The van der Waals surface area contributed by atoms with Crippen LogP contribution in [0.3, 0.4) is 0 Å². The Morgan fingerprint density at radius 2 is 2.21 bits per heavy atom. The van der Waals surface area contributed by atoms with Crippen LogP contribution in [0.15, 0.2) is 34.9 Å². The third-order valence-corrected chi connectivity index (χ3v) is 4.77. The molecular weight excluding hydrogens is 324 g/mol. The third kappa shape index (κ3) is 3.42. The molecule has 0 radical (unpaired) electrons. The Morgan fingerprint density at radius 3 is 2.84 bits per heavy atom. The van der Waals surface area contributed by atoms with Crippen molar-refractivity contribution in [1.29, 1.82) is 0 Å². The molecule has 0 bridgehead atoms. The zero-order valence-electron chi connectivity index (χ0n) is 10.8. The van der Waals surface area contributed by atoms with Gasteiger partial charge in [-0.05, 0) is 41.4 Å². The summed E-state index contributed by atoms with van der Waals surface area (Å²) < 4.78 is 0.799. The zero-order chi connectivity index (χ0) is 13.8. The van der Waals surface area contributed by atoms with Gasteiger partial charge in [0.15, 0.2) is 0 Å². The standard InChI is InChI=1S/C14H15BrN2OS/c1-3-10-8-16-14(19-10)9(2)17-13(18)11-6-4-5-7-12(11)15/h4-9H,3H2,1-2H3,(H,17,18). The van der Waals surface area contributed by atoms with E-state index in [4.69, 9.17) is 0 Å². The molecule has 1 N–H and O–H groups in total. The molecule has 0 spiro atoms. The van der Waals surface area contributed by atoms with Crippen LogP contribution in [0.2, 0.25) is 0 Å². The molecule has 1 atom stereocenters. The van der Waals surface area contributed by atoms with Gasteiger partial charge in [0, 0.05) is 15.5 Å². The van der Waals surface area contributed by atoms with Crippen LogP contribution in [-0.2, 0) is 6.42 Å². The molecule has 19 heavy (non-hydrogen) atoms. The molecule has 2 aromatic rings. The smallest absolute Gasteiger partial charge is 0.252 e. The molecular formula is C14H15BrN2OS. The Labute approximate surface area is 125 Å². The van der Waals surface area contributed by atoms with Crippen LogP contribution in [0.1, 0.15) is 40.1 Å². The number of hydrogen-bond acceptors (Lipinski definition) is 3. The highest BCUT2D eigenvalue weighted by atomic mass is 79.9. The summed E-state index contributed by atoms with van der Waals surface area (Å²) >= 11 is 5.03. The van der Waals surface area contributed by atoms with Crippen molar-refractivity contribution in [2.45, 2.75) is 26.3 Å². The lowest BCUT2D eigenvalue weighted by Crippen LogP contribution is -2.26. The molecule has 0 aliphatic carbocycles. The molecule has 1 heterocycles. The molecule has 0 fully saturated rings. The first-order valence-electron chi connectivity index (χ1n) is 6.11. The number of rotatable bonds is 4. The first-order valence-corrected chi connectivity index (χ1v) is 7.72. The summed E-state index contributed by atoms with van der Waals surface area (Å²) in [5.41, 5.74) is 0.640. The van der Waals surface area contributed by atoms with Gasteiger partial charge in [0.2, 0.25) is 0 Å². The maximum Gasteiger partial charge on any atom is 0.252 e. The average molecular weight is 339 g/mol. The summed E-state index contributed by atoms with van der Waals surface area (Å²) in [6, 6.07) is 7.32. The normalized spacial score (nSPS) is 12.2. The minimum atomic E-state index is -0.0896. The van der Waals surface area contributed by atoms with Gasteiger partial charge in [-0.15, -0.1) is 11.3 Å². The van der Waals surface area contributed by atoms with Gasteiger partial charge in [0.1, 0.15) is 5.01 Å². The molecule has 5 heteroatoms. The van der Waals surface area contributed by atoms with Crippen molar-refractivity contribution in [2.75, 3.05) is 0 Å². The van der Waals surface area contributed by atoms with Crippen molar-refractivity contribution in [3.8, 4) is 0 Å². The van der Waals surface area contributed by atoms with Crippen molar-refractivity contribution in [3.63, 3.8) is 0 Å². The number of aryl methyl sites for hydroxylation is 1. The second-order valence-corrected chi connectivity index (χ2v) is 6.19. The molecule has 0 saturated heterocycles. The number of carbonyl (C=O) groups is 1. The van der Waals surface area contributed by atoms with Gasteiger partial charge in [0.05, 0.1) is 11.6 Å². The van der Waals surface area contributed by atoms with Gasteiger partial charge < -0.3 is 5.32 Å². The van der Waals surface area contributed by atoms with Crippen LogP contribution in [0.4, 0.5) is 0 Å². The number of aromatic nitrogens is 1. The number of halogens is 1. The SMILES string of the molecule is CCc1cnc(C(C)NC(=O)c2ccccc2Br)s1. The summed E-state index contributed by atoms with van der Waals surface area (Å²) in [5.74, 6) is -0.0896. The topological polar surface area (TPSA) is 42.0 Å². The van der Waals surface area contributed by atoms with Crippen LogP contribution in [0.25, 0.3) is 0 Å². The van der Waals surface area contributed by atoms with E-state index in [1.807, 2.05) is 31.3 Å².